The van der Waals surface area contributed by atoms with Gasteiger partial charge in [0.15, 0.2) is 0 Å². The molecule has 0 bridgehead atoms. The molecular formula is C18H18O3. The van der Waals surface area contributed by atoms with E-state index in [1.807, 2.05) is 74.5 Å². The zero-order chi connectivity index (χ0) is 14.9. The van der Waals surface area contributed by atoms with Crippen molar-refractivity contribution in [2.24, 2.45) is 5.41 Å². The lowest BCUT2D eigenvalue weighted by Gasteiger charge is -2.40. The highest BCUT2D eigenvalue weighted by atomic mass is 16.7. The summed E-state index contributed by atoms with van der Waals surface area (Å²) in [5.74, 6) is -0.239. The minimum Gasteiger partial charge on any atom is -0.431 e. The minimum absolute atomic E-state index is 0.239. The van der Waals surface area contributed by atoms with Crippen molar-refractivity contribution < 1.29 is 14.3 Å². The molecule has 0 aliphatic carbocycles. The number of rotatable bonds is 2. The molecule has 1 heterocycles. The Morgan fingerprint density at radius 3 is 1.95 bits per heavy atom. The highest BCUT2D eigenvalue weighted by Gasteiger charge is 2.47. The quantitative estimate of drug-likeness (QED) is 0.780. The summed E-state index contributed by atoms with van der Waals surface area (Å²) in [6.45, 7) is 3.71. The summed E-state index contributed by atoms with van der Waals surface area (Å²) in [7, 11) is 0. The smallest absolute Gasteiger partial charge is 0.317 e. The van der Waals surface area contributed by atoms with E-state index in [9.17, 15) is 4.79 Å². The van der Waals surface area contributed by atoms with E-state index in [1.54, 1.807) is 0 Å². The van der Waals surface area contributed by atoms with Crippen molar-refractivity contribution in [3.8, 4) is 0 Å². The second kappa shape index (κ2) is 5.34. The van der Waals surface area contributed by atoms with Crippen molar-refractivity contribution >= 4 is 5.97 Å². The van der Waals surface area contributed by atoms with Gasteiger partial charge in [0.05, 0.1) is 5.41 Å². The van der Waals surface area contributed by atoms with E-state index in [2.05, 4.69) is 0 Å². The summed E-state index contributed by atoms with van der Waals surface area (Å²) in [5.41, 5.74) is 1.12. The van der Waals surface area contributed by atoms with Crippen molar-refractivity contribution in [2.75, 3.05) is 0 Å². The Hall–Kier alpha value is -2.13. The SMILES string of the molecule is CC1(C)C(=O)OC(c2ccccc2)OC1c1ccccc1. The van der Waals surface area contributed by atoms with E-state index in [0.29, 0.717) is 0 Å². The maximum absolute atomic E-state index is 12.4. The van der Waals surface area contributed by atoms with E-state index >= 15 is 0 Å². The summed E-state index contributed by atoms with van der Waals surface area (Å²) >= 11 is 0. The Morgan fingerprint density at radius 2 is 1.38 bits per heavy atom. The molecule has 3 nitrogen and oxygen atoms in total. The fourth-order valence-corrected chi connectivity index (χ4v) is 2.56. The molecule has 0 radical (unpaired) electrons. The molecule has 3 rings (SSSR count). The van der Waals surface area contributed by atoms with Gasteiger partial charge in [-0.15, -0.1) is 0 Å². The lowest BCUT2D eigenvalue weighted by Crippen LogP contribution is -2.41. The summed E-state index contributed by atoms with van der Waals surface area (Å²) < 4.78 is 11.6. The molecule has 0 N–H and O–H groups in total. The van der Waals surface area contributed by atoms with Gasteiger partial charge in [-0.25, -0.2) is 0 Å². The lowest BCUT2D eigenvalue weighted by molar-refractivity contribution is -0.251. The van der Waals surface area contributed by atoms with E-state index in [1.165, 1.54) is 0 Å². The van der Waals surface area contributed by atoms with Crippen LogP contribution in [-0.4, -0.2) is 5.97 Å². The van der Waals surface area contributed by atoms with Gasteiger partial charge >= 0.3 is 5.97 Å². The molecular weight excluding hydrogens is 264 g/mol. The fraction of sp³-hybridized carbons (Fsp3) is 0.278. The number of esters is 1. The summed E-state index contributed by atoms with van der Waals surface area (Å²) in [6, 6.07) is 19.3. The average Bonchev–Trinajstić information content (AvgIpc) is 2.51. The first-order chi connectivity index (χ1) is 10.1. The summed E-state index contributed by atoms with van der Waals surface area (Å²) in [5, 5.41) is 0. The topological polar surface area (TPSA) is 35.5 Å². The van der Waals surface area contributed by atoms with Crippen LogP contribution in [0.15, 0.2) is 60.7 Å². The second-order valence-electron chi connectivity index (χ2n) is 5.80. The van der Waals surface area contributed by atoms with Crippen LogP contribution in [0, 0.1) is 5.41 Å². The van der Waals surface area contributed by atoms with E-state index in [-0.39, 0.29) is 12.1 Å². The number of carbonyl (C=O) groups is 1. The van der Waals surface area contributed by atoms with Crippen LogP contribution in [0.25, 0.3) is 0 Å². The first-order valence-corrected chi connectivity index (χ1v) is 7.05. The molecule has 108 valence electrons. The van der Waals surface area contributed by atoms with Gasteiger partial charge in [-0.05, 0) is 19.4 Å². The Morgan fingerprint density at radius 1 is 0.857 bits per heavy atom. The van der Waals surface area contributed by atoms with Gasteiger partial charge in [-0.3, -0.25) is 4.79 Å². The van der Waals surface area contributed by atoms with Crippen LogP contribution < -0.4 is 0 Å². The molecule has 1 fully saturated rings. The third-order valence-corrected chi connectivity index (χ3v) is 3.83. The number of hydrogen-bond donors (Lipinski definition) is 0. The first-order valence-electron chi connectivity index (χ1n) is 7.05. The van der Waals surface area contributed by atoms with Crippen LogP contribution in [0.2, 0.25) is 0 Å². The first kappa shape index (κ1) is 13.8. The average molecular weight is 282 g/mol. The minimum atomic E-state index is -0.716. The Bertz CT molecular complexity index is 619. The number of hydrogen-bond acceptors (Lipinski definition) is 3. The van der Waals surface area contributed by atoms with Crippen LogP contribution in [0.1, 0.15) is 37.4 Å². The number of ether oxygens (including phenoxy) is 2. The summed E-state index contributed by atoms with van der Waals surface area (Å²) in [6.07, 6.45) is -0.984. The van der Waals surface area contributed by atoms with Crippen LogP contribution in [0.3, 0.4) is 0 Å². The van der Waals surface area contributed by atoms with E-state index in [0.717, 1.165) is 11.1 Å². The standard InChI is InChI=1S/C18H18O3/c1-18(2)15(13-9-5-3-6-10-13)20-16(21-17(18)19)14-11-7-4-8-12-14/h3-12,15-16H,1-2H3. The molecule has 1 saturated heterocycles. The van der Waals surface area contributed by atoms with Crippen molar-refractivity contribution in [3.05, 3.63) is 71.8 Å². The monoisotopic (exact) mass is 282 g/mol. The van der Waals surface area contributed by atoms with Crippen molar-refractivity contribution in [3.63, 3.8) is 0 Å². The molecule has 2 aromatic carbocycles. The molecule has 2 aromatic rings. The molecule has 0 spiro atoms. The van der Waals surface area contributed by atoms with Gasteiger partial charge in [-0.2, -0.15) is 0 Å². The van der Waals surface area contributed by atoms with Crippen molar-refractivity contribution in [2.45, 2.75) is 26.2 Å². The summed E-state index contributed by atoms with van der Waals surface area (Å²) in [4.78, 5) is 12.4. The van der Waals surface area contributed by atoms with Gasteiger partial charge < -0.3 is 9.47 Å². The molecule has 21 heavy (non-hydrogen) atoms. The fourth-order valence-electron chi connectivity index (χ4n) is 2.56. The number of carbonyl (C=O) groups excluding carboxylic acids is 1. The van der Waals surface area contributed by atoms with Crippen LogP contribution >= 0.6 is 0 Å². The van der Waals surface area contributed by atoms with Crippen molar-refractivity contribution in [1.82, 2.24) is 0 Å². The van der Waals surface area contributed by atoms with Gasteiger partial charge in [0.2, 0.25) is 6.29 Å². The Labute approximate surface area is 124 Å². The van der Waals surface area contributed by atoms with Gasteiger partial charge in [0.1, 0.15) is 6.10 Å². The molecule has 2 atom stereocenters. The maximum atomic E-state index is 12.4. The highest BCUT2D eigenvalue weighted by Crippen LogP contribution is 2.45. The van der Waals surface area contributed by atoms with Crippen LogP contribution in [0.5, 0.6) is 0 Å². The molecule has 1 aliphatic heterocycles. The molecule has 1 aliphatic rings. The zero-order valence-electron chi connectivity index (χ0n) is 12.2. The molecule has 3 heteroatoms. The predicted molar refractivity (Wildman–Crippen MR) is 79.3 cm³/mol. The van der Waals surface area contributed by atoms with Crippen LogP contribution in [-0.2, 0) is 14.3 Å². The largest absolute Gasteiger partial charge is 0.431 e. The maximum Gasteiger partial charge on any atom is 0.317 e. The van der Waals surface area contributed by atoms with E-state index in [4.69, 9.17) is 9.47 Å². The van der Waals surface area contributed by atoms with Crippen molar-refractivity contribution in [1.29, 1.82) is 0 Å². The number of benzene rings is 2. The zero-order valence-corrected chi connectivity index (χ0v) is 12.2. The molecule has 2 unspecified atom stereocenters. The molecule has 0 aromatic heterocycles. The van der Waals surface area contributed by atoms with Crippen LogP contribution in [0.4, 0.5) is 0 Å². The van der Waals surface area contributed by atoms with Gasteiger partial charge in [0, 0.05) is 5.56 Å². The normalized spacial score (nSPS) is 24.4. The third kappa shape index (κ3) is 2.57. The van der Waals surface area contributed by atoms with Gasteiger partial charge in [-0.1, -0.05) is 60.7 Å². The lowest BCUT2D eigenvalue weighted by atomic mass is 9.81. The number of cyclic esters (lactones) is 1. The predicted octanol–water partition coefficient (Wildman–Crippen LogP) is 4.03. The molecule has 0 amide bonds. The highest BCUT2D eigenvalue weighted by molar-refractivity contribution is 5.77. The Balaban J connectivity index is 1.95. The third-order valence-electron chi connectivity index (χ3n) is 3.83. The molecule has 0 saturated carbocycles. The second-order valence-corrected chi connectivity index (χ2v) is 5.80. The Kier molecular flexibility index (Phi) is 3.52. The van der Waals surface area contributed by atoms with E-state index < -0.39 is 11.7 Å². The van der Waals surface area contributed by atoms with Gasteiger partial charge in [0.25, 0.3) is 0 Å².